The second kappa shape index (κ2) is 10.2. The SMILES string of the molecule is CC(C)(C)c1ccccc1C(=O)OO.CCCCC(C)(C)C(=O)OC. The van der Waals surface area contributed by atoms with Crippen molar-refractivity contribution in [2.75, 3.05) is 7.11 Å². The molecule has 5 nitrogen and oxygen atoms in total. The average Bonchev–Trinajstić information content (AvgIpc) is 2.58. The highest BCUT2D eigenvalue weighted by Gasteiger charge is 2.27. The van der Waals surface area contributed by atoms with Gasteiger partial charge in [-0.3, -0.25) is 9.68 Å². The summed E-state index contributed by atoms with van der Waals surface area (Å²) in [6, 6.07) is 7.08. The summed E-state index contributed by atoms with van der Waals surface area (Å²) in [6.07, 6.45) is 3.12. The van der Waals surface area contributed by atoms with Crippen LogP contribution in [0.5, 0.6) is 0 Å². The van der Waals surface area contributed by atoms with Crippen molar-refractivity contribution in [1.29, 1.82) is 0 Å². The number of benzene rings is 1. The van der Waals surface area contributed by atoms with Gasteiger partial charge in [-0.25, -0.2) is 4.79 Å². The van der Waals surface area contributed by atoms with E-state index < -0.39 is 5.97 Å². The standard InChI is InChI=1S/C11H14O3.C9H18O2/c1-11(2,3)9-7-5-4-6-8(9)10(12)14-13;1-5-6-7-9(2,3)8(10)11-4/h4-7,13H,1-3H3;5-7H2,1-4H3. The first-order chi connectivity index (χ1) is 11.5. The molecule has 0 saturated heterocycles. The van der Waals surface area contributed by atoms with Crippen LogP contribution in [-0.2, 0) is 19.8 Å². The van der Waals surface area contributed by atoms with Gasteiger partial charge in [-0.1, -0.05) is 58.7 Å². The van der Waals surface area contributed by atoms with Crippen LogP contribution in [0.4, 0.5) is 0 Å². The topological polar surface area (TPSA) is 72.8 Å². The van der Waals surface area contributed by atoms with Crippen LogP contribution in [0.2, 0.25) is 0 Å². The third kappa shape index (κ3) is 7.69. The zero-order valence-corrected chi connectivity index (χ0v) is 16.5. The molecule has 0 radical (unpaired) electrons. The number of carbonyl (C=O) groups is 2. The molecule has 0 bridgehead atoms. The van der Waals surface area contributed by atoms with E-state index in [0.717, 1.165) is 24.8 Å². The summed E-state index contributed by atoms with van der Waals surface area (Å²) in [5, 5.41) is 8.33. The van der Waals surface area contributed by atoms with E-state index in [1.807, 2.05) is 46.8 Å². The van der Waals surface area contributed by atoms with Crippen LogP contribution in [0.1, 0.15) is 76.7 Å². The van der Waals surface area contributed by atoms with Gasteiger partial charge in [0.25, 0.3) is 0 Å². The lowest BCUT2D eigenvalue weighted by atomic mass is 9.84. The summed E-state index contributed by atoms with van der Waals surface area (Å²) < 4.78 is 4.67. The Bertz CT molecular complexity index is 555. The summed E-state index contributed by atoms with van der Waals surface area (Å²) in [5.74, 6) is -0.818. The fourth-order valence-corrected chi connectivity index (χ4v) is 2.36. The Morgan fingerprint density at radius 3 is 2.08 bits per heavy atom. The summed E-state index contributed by atoms with van der Waals surface area (Å²) in [6.45, 7) is 12.0. The van der Waals surface area contributed by atoms with E-state index in [9.17, 15) is 9.59 Å². The number of ether oxygens (including phenoxy) is 1. The van der Waals surface area contributed by atoms with Crippen molar-refractivity contribution < 1.29 is 24.5 Å². The molecule has 0 amide bonds. The van der Waals surface area contributed by atoms with Crippen molar-refractivity contribution in [3.63, 3.8) is 0 Å². The second-order valence-corrected chi connectivity index (χ2v) is 7.65. The molecule has 5 heteroatoms. The maximum absolute atomic E-state index is 11.2. The first kappa shape index (κ1) is 23.1. The van der Waals surface area contributed by atoms with E-state index in [4.69, 9.17) is 5.26 Å². The zero-order valence-electron chi connectivity index (χ0n) is 16.5. The third-order valence-electron chi connectivity index (χ3n) is 3.93. The van der Waals surface area contributed by atoms with Crippen molar-refractivity contribution in [2.45, 2.75) is 66.2 Å². The minimum absolute atomic E-state index is 0.106. The van der Waals surface area contributed by atoms with Crippen LogP contribution in [0.25, 0.3) is 0 Å². The van der Waals surface area contributed by atoms with Gasteiger partial charge in [0.15, 0.2) is 0 Å². The van der Waals surface area contributed by atoms with Gasteiger partial charge in [0.2, 0.25) is 0 Å². The molecule has 142 valence electrons. The van der Waals surface area contributed by atoms with E-state index in [1.54, 1.807) is 12.1 Å². The number of methoxy groups -OCH3 is 1. The van der Waals surface area contributed by atoms with Gasteiger partial charge < -0.3 is 4.74 Å². The third-order valence-corrected chi connectivity index (χ3v) is 3.93. The van der Waals surface area contributed by atoms with Gasteiger partial charge in [-0.2, -0.15) is 5.26 Å². The van der Waals surface area contributed by atoms with Crippen molar-refractivity contribution in [1.82, 2.24) is 0 Å². The predicted molar refractivity (Wildman–Crippen MR) is 98.5 cm³/mol. The minimum atomic E-state index is -0.712. The van der Waals surface area contributed by atoms with Gasteiger partial charge in [0.1, 0.15) is 0 Å². The maximum atomic E-state index is 11.2. The minimum Gasteiger partial charge on any atom is -0.469 e. The molecule has 0 atom stereocenters. The Morgan fingerprint density at radius 2 is 1.64 bits per heavy atom. The molecule has 0 spiro atoms. The van der Waals surface area contributed by atoms with E-state index in [2.05, 4.69) is 16.5 Å². The number of carbonyl (C=O) groups excluding carboxylic acids is 2. The quantitative estimate of drug-likeness (QED) is 0.459. The fraction of sp³-hybridized carbons (Fsp3) is 0.600. The van der Waals surface area contributed by atoms with Crippen molar-refractivity contribution >= 4 is 11.9 Å². The maximum Gasteiger partial charge on any atom is 0.373 e. The Kier molecular flexibility index (Phi) is 9.42. The van der Waals surface area contributed by atoms with Gasteiger partial charge in [-0.05, 0) is 37.3 Å². The van der Waals surface area contributed by atoms with Gasteiger partial charge >= 0.3 is 11.9 Å². The van der Waals surface area contributed by atoms with Crippen LogP contribution in [0.15, 0.2) is 24.3 Å². The Hall–Kier alpha value is -1.88. The number of rotatable bonds is 5. The highest BCUT2D eigenvalue weighted by atomic mass is 17.1. The van der Waals surface area contributed by atoms with Gasteiger partial charge in [-0.15, -0.1) is 0 Å². The highest BCUT2D eigenvalue weighted by Crippen LogP contribution is 2.26. The molecule has 0 aromatic heterocycles. The lowest BCUT2D eigenvalue weighted by Crippen LogP contribution is -2.25. The molecule has 0 aliphatic rings. The van der Waals surface area contributed by atoms with Crippen LogP contribution in [0, 0.1) is 5.41 Å². The van der Waals surface area contributed by atoms with Crippen molar-refractivity contribution in [3.8, 4) is 0 Å². The highest BCUT2D eigenvalue weighted by molar-refractivity contribution is 5.91. The number of hydrogen-bond acceptors (Lipinski definition) is 5. The molecular formula is C20H32O5. The Labute approximate surface area is 151 Å². The fourth-order valence-electron chi connectivity index (χ4n) is 2.36. The van der Waals surface area contributed by atoms with Gasteiger partial charge in [0, 0.05) is 0 Å². The molecule has 0 fully saturated rings. The van der Waals surface area contributed by atoms with Crippen LogP contribution in [-0.4, -0.2) is 24.3 Å². The largest absolute Gasteiger partial charge is 0.469 e. The second-order valence-electron chi connectivity index (χ2n) is 7.65. The Morgan fingerprint density at radius 1 is 1.08 bits per heavy atom. The summed E-state index contributed by atoms with van der Waals surface area (Å²) in [7, 11) is 1.44. The molecule has 0 aliphatic heterocycles. The predicted octanol–water partition coefficient (Wildman–Crippen LogP) is 4.99. The first-order valence-electron chi connectivity index (χ1n) is 8.55. The number of esters is 1. The van der Waals surface area contributed by atoms with Gasteiger partial charge in [0.05, 0.1) is 18.1 Å². The van der Waals surface area contributed by atoms with E-state index in [-0.39, 0.29) is 16.8 Å². The lowest BCUT2D eigenvalue weighted by Gasteiger charge is -2.21. The van der Waals surface area contributed by atoms with Crippen LogP contribution in [0.3, 0.4) is 0 Å². The van der Waals surface area contributed by atoms with E-state index >= 15 is 0 Å². The summed E-state index contributed by atoms with van der Waals surface area (Å²) >= 11 is 0. The van der Waals surface area contributed by atoms with E-state index in [0.29, 0.717) is 5.56 Å². The molecule has 0 unspecified atom stereocenters. The average molecular weight is 352 g/mol. The van der Waals surface area contributed by atoms with E-state index in [1.165, 1.54) is 7.11 Å². The van der Waals surface area contributed by atoms with Crippen LogP contribution < -0.4 is 0 Å². The number of unbranched alkanes of at least 4 members (excludes halogenated alkanes) is 1. The molecule has 1 N–H and O–H groups in total. The zero-order chi connectivity index (χ0) is 19.7. The molecule has 0 saturated carbocycles. The number of hydrogen-bond donors (Lipinski definition) is 1. The molecular weight excluding hydrogens is 320 g/mol. The molecule has 25 heavy (non-hydrogen) atoms. The first-order valence-corrected chi connectivity index (χ1v) is 8.55. The van der Waals surface area contributed by atoms with Crippen LogP contribution >= 0.6 is 0 Å². The molecule has 1 rings (SSSR count). The molecule has 0 heterocycles. The summed E-state index contributed by atoms with van der Waals surface area (Å²) in [4.78, 5) is 26.1. The lowest BCUT2D eigenvalue weighted by molar-refractivity contribution is -0.182. The molecule has 1 aromatic rings. The van der Waals surface area contributed by atoms with Crippen molar-refractivity contribution in [3.05, 3.63) is 35.4 Å². The normalized spacial score (nSPS) is 11.2. The summed E-state index contributed by atoms with van der Waals surface area (Å²) in [5.41, 5.74) is 0.816. The molecule has 0 aliphatic carbocycles. The smallest absolute Gasteiger partial charge is 0.373 e. The van der Waals surface area contributed by atoms with Crippen molar-refractivity contribution in [2.24, 2.45) is 5.41 Å². The Balaban J connectivity index is 0.000000477. The monoisotopic (exact) mass is 352 g/mol. The molecule has 1 aromatic carbocycles.